The molecule has 128 valence electrons. The Morgan fingerprint density at radius 2 is 1.44 bits per heavy atom. The van der Waals surface area contributed by atoms with Crippen LogP contribution in [-0.4, -0.2) is 9.91 Å². The summed E-state index contributed by atoms with van der Waals surface area (Å²) in [4.78, 5) is 15.5. The van der Waals surface area contributed by atoms with Gasteiger partial charge >= 0.3 is 0 Å². The number of hydrogen-bond donors (Lipinski definition) is 1. The summed E-state index contributed by atoms with van der Waals surface area (Å²) in [5.41, 5.74) is 2.98. The van der Waals surface area contributed by atoms with Crippen molar-refractivity contribution in [3.8, 4) is 0 Å². The fourth-order valence-corrected chi connectivity index (χ4v) is 2.93. The highest BCUT2D eigenvalue weighted by atomic mass is 35.5. The Kier molecular flexibility index (Phi) is 6.22. The normalized spacial score (nSPS) is 10.1. The average molecular weight is 356 g/mol. The minimum absolute atomic E-state index is 0. The van der Waals surface area contributed by atoms with Gasteiger partial charge in [-0.15, -0.1) is 0 Å². The molecule has 5 nitrogen and oxygen atoms in total. The molecule has 1 aromatic heterocycles. The number of pyridine rings is 1. The molecular weight excluding hydrogens is 338 g/mol. The van der Waals surface area contributed by atoms with Crippen LogP contribution in [0.2, 0.25) is 5.15 Å². The van der Waals surface area contributed by atoms with Crippen molar-refractivity contribution >= 4 is 17.3 Å². The molecule has 3 N–H and O–H groups in total. The molecule has 1 heterocycles. The smallest absolute Gasteiger partial charge is 0.294 e. The van der Waals surface area contributed by atoms with Crippen LogP contribution in [0.4, 0.5) is 5.69 Å². The quantitative estimate of drug-likeness (QED) is 0.396. The summed E-state index contributed by atoms with van der Waals surface area (Å²) in [6.45, 7) is 0. The minimum Gasteiger partial charge on any atom is -0.344 e. The van der Waals surface area contributed by atoms with E-state index in [0.29, 0.717) is 24.1 Å². The largest absolute Gasteiger partial charge is 0.344 e. The maximum absolute atomic E-state index is 11.7. The lowest BCUT2D eigenvalue weighted by Crippen LogP contribution is -2.05. The predicted octanol–water partition coefficient (Wildman–Crippen LogP) is 4.99. The molecule has 0 spiro atoms. The van der Waals surface area contributed by atoms with Gasteiger partial charge in [-0.25, -0.2) is 4.98 Å². The van der Waals surface area contributed by atoms with E-state index in [4.69, 9.17) is 11.6 Å². The van der Waals surface area contributed by atoms with Gasteiger partial charge < -0.3 is 6.15 Å². The Hall–Kier alpha value is -2.76. The Balaban J connectivity index is 0.00000225. The maximum atomic E-state index is 11.7. The average Bonchev–Trinajstić information content (AvgIpc) is 2.56. The zero-order chi connectivity index (χ0) is 16.9. The highest BCUT2D eigenvalue weighted by Crippen LogP contribution is 2.29. The number of halogens is 1. The second-order valence-corrected chi connectivity index (χ2v) is 5.87. The molecule has 0 saturated carbocycles. The van der Waals surface area contributed by atoms with E-state index in [-0.39, 0.29) is 21.9 Å². The molecule has 0 bridgehead atoms. The summed E-state index contributed by atoms with van der Waals surface area (Å²) in [6, 6.07) is 20.7. The number of nitro groups is 1. The molecule has 2 aromatic carbocycles. The van der Waals surface area contributed by atoms with Crippen LogP contribution in [0.3, 0.4) is 0 Å². The lowest BCUT2D eigenvalue weighted by atomic mass is 10.0. The number of rotatable bonds is 5. The van der Waals surface area contributed by atoms with E-state index >= 15 is 0 Å². The summed E-state index contributed by atoms with van der Waals surface area (Å²) >= 11 is 6.13. The second kappa shape index (κ2) is 8.37. The standard InChI is InChI=1S/C19H15ClN2O2.H3N/c20-18-13-16(11-14-7-3-1-4-8-14)19(22(23)24)17(21-18)12-15-9-5-2-6-10-15;/h1-10,13H,11-12H2;1H3. The van der Waals surface area contributed by atoms with Gasteiger partial charge in [0.25, 0.3) is 5.69 Å². The van der Waals surface area contributed by atoms with Gasteiger partial charge in [0.15, 0.2) is 0 Å². The van der Waals surface area contributed by atoms with Crippen LogP contribution in [0.25, 0.3) is 0 Å². The molecular formula is C19H18ClN3O2. The monoisotopic (exact) mass is 355 g/mol. The zero-order valence-electron chi connectivity index (χ0n) is 13.6. The van der Waals surface area contributed by atoms with E-state index in [1.165, 1.54) is 0 Å². The van der Waals surface area contributed by atoms with E-state index in [0.717, 1.165) is 11.1 Å². The molecule has 0 aliphatic rings. The molecule has 0 aliphatic carbocycles. The topological polar surface area (TPSA) is 91.0 Å². The van der Waals surface area contributed by atoms with Gasteiger partial charge in [0.2, 0.25) is 0 Å². The highest BCUT2D eigenvalue weighted by Gasteiger charge is 2.22. The molecule has 6 heteroatoms. The van der Waals surface area contributed by atoms with Crippen molar-refractivity contribution in [3.05, 3.63) is 104 Å². The van der Waals surface area contributed by atoms with Gasteiger partial charge in [0, 0.05) is 18.4 Å². The highest BCUT2D eigenvalue weighted by molar-refractivity contribution is 6.29. The second-order valence-electron chi connectivity index (χ2n) is 5.48. The summed E-state index contributed by atoms with van der Waals surface area (Å²) in [5, 5.41) is 11.9. The Morgan fingerprint density at radius 3 is 1.96 bits per heavy atom. The van der Waals surface area contributed by atoms with E-state index in [1.807, 2.05) is 60.7 Å². The third kappa shape index (κ3) is 4.62. The van der Waals surface area contributed by atoms with Crippen LogP contribution in [0.15, 0.2) is 66.7 Å². The van der Waals surface area contributed by atoms with Crippen molar-refractivity contribution in [1.29, 1.82) is 0 Å². The third-order valence-corrected chi connectivity index (χ3v) is 3.94. The van der Waals surface area contributed by atoms with E-state index in [9.17, 15) is 10.1 Å². The molecule has 0 radical (unpaired) electrons. The van der Waals surface area contributed by atoms with Crippen molar-refractivity contribution in [2.45, 2.75) is 12.8 Å². The van der Waals surface area contributed by atoms with Crippen LogP contribution in [0, 0.1) is 10.1 Å². The van der Waals surface area contributed by atoms with Crippen LogP contribution in [0.5, 0.6) is 0 Å². The molecule has 0 unspecified atom stereocenters. The van der Waals surface area contributed by atoms with Crippen LogP contribution in [-0.2, 0) is 12.8 Å². The Morgan fingerprint density at radius 1 is 0.920 bits per heavy atom. The summed E-state index contributed by atoms with van der Waals surface area (Å²) in [7, 11) is 0. The Bertz CT molecular complexity index is 793. The van der Waals surface area contributed by atoms with Crippen molar-refractivity contribution in [1.82, 2.24) is 11.1 Å². The number of benzene rings is 2. The van der Waals surface area contributed by atoms with Gasteiger partial charge in [0.1, 0.15) is 10.8 Å². The van der Waals surface area contributed by atoms with Gasteiger partial charge in [-0.2, -0.15) is 0 Å². The van der Waals surface area contributed by atoms with E-state index in [1.54, 1.807) is 6.07 Å². The van der Waals surface area contributed by atoms with Crippen molar-refractivity contribution in [3.63, 3.8) is 0 Å². The number of aromatic nitrogens is 1. The maximum Gasteiger partial charge on any atom is 0.294 e. The molecule has 25 heavy (non-hydrogen) atoms. The lowest BCUT2D eigenvalue weighted by molar-refractivity contribution is -0.386. The molecule has 0 saturated heterocycles. The number of hydrogen-bond acceptors (Lipinski definition) is 4. The number of nitrogens with zero attached hydrogens (tertiary/aromatic N) is 2. The van der Waals surface area contributed by atoms with Crippen molar-refractivity contribution < 1.29 is 4.92 Å². The fraction of sp³-hybridized carbons (Fsp3) is 0.105. The van der Waals surface area contributed by atoms with Crippen LogP contribution >= 0.6 is 11.6 Å². The van der Waals surface area contributed by atoms with Gasteiger partial charge in [-0.1, -0.05) is 72.3 Å². The molecule has 3 aromatic rings. The Labute approximate surface area is 151 Å². The van der Waals surface area contributed by atoms with Crippen LogP contribution in [0.1, 0.15) is 22.4 Å². The molecule has 0 atom stereocenters. The SMILES string of the molecule is N.O=[N+]([O-])c1c(Cc2ccccc2)cc(Cl)nc1Cc1ccccc1. The molecule has 0 amide bonds. The first kappa shape index (κ1) is 18.6. The fourth-order valence-electron chi connectivity index (χ4n) is 2.70. The summed E-state index contributed by atoms with van der Waals surface area (Å²) in [5.74, 6) is 0. The molecule has 0 fully saturated rings. The minimum atomic E-state index is -0.361. The van der Waals surface area contributed by atoms with Crippen LogP contribution < -0.4 is 6.15 Å². The van der Waals surface area contributed by atoms with Crippen molar-refractivity contribution in [2.24, 2.45) is 0 Å². The van der Waals surface area contributed by atoms with Crippen molar-refractivity contribution in [2.75, 3.05) is 0 Å². The zero-order valence-corrected chi connectivity index (χ0v) is 14.3. The first-order valence-electron chi connectivity index (χ1n) is 7.54. The van der Waals surface area contributed by atoms with Gasteiger partial charge in [-0.3, -0.25) is 10.1 Å². The first-order chi connectivity index (χ1) is 11.6. The van der Waals surface area contributed by atoms with Gasteiger partial charge in [-0.05, 0) is 17.2 Å². The first-order valence-corrected chi connectivity index (χ1v) is 7.92. The van der Waals surface area contributed by atoms with E-state index in [2.05, 4.69) is 4.98 Å². The predicted molar refractivity (Wildman–Crippen MR) is 99.4 cm³/mol. The summed E-state index contributed by atoms with van der Waals surface area (Å²) in [6.07, 6.45) is 0.820. The van der Waals surface area contributed by atoms with Gasteiger partial charge in [0.05, 0.1) is 4.92 Å². The third-order valence-electron chi connectivity index (χ3n) is 3.75. The molecule has 0 aliphatic heterocycles. The lowest BCUT2D eigenvalue weighted by Gasteiger charge is -2.09. The van der Waals surface area contributed by atoms with E-state index < -0.39 is 0 Å². The molecule has 3 rings (SSSR count). The summed E-state index contributed by atoms with van der Waals surface area (Å²) < 4.78 is 0.